The summed E-state index contributed by atoms with van der Waals surface area (Å²) in [5, 5.41) is 4.15. The number of hydrogen-bond acceptors (Lipinski definition) is 4. The number of hydrogen-bond donors (Lipinski definition) is 2. The second-order valence-corrected chi connectivity index (χ2v) is 5.32. The smallest absolute Gasteiger partial charge is 0.163 e. The zero-order valence-electron chi connectivity index (χ0n) is 12.1. The van der Waals surface area contributed by atoms with Crippen molar-refractivity contribution in [1.82, 2.24) is 20.2 Å². The van der Waals surface area contributed by atoms with E-state index >= 15 is 0 Å². The lowest BCUT2D eigenvalue weighted by molar-refractivity contribution is 0.432. The lowest BCUT2D eigenvalue weighted by Gasteiger charge is -2.17. The van der Waals surface area contributed by atoms with Gasteiger partial charge < -0.3 is 0 Å². The van der Waals surface area contributed by atoms with Gasteiger partial charge in [0.1, 0.15) is 12.2 Å². The van der Waals surface area contributed by atoms with Crippen LogP contribution < -0.4 is 11.3 Å². The number of nitrogens with two attached hydrogens (primary N) is 1. The van der Waals surface area contributed by atoms with Crippen LogP contribution in [0.1, 0.15) is 31.3 Å². The third kappa shape index (κ3) is 3.62. The number of benzene rings is 1. The van der Waals surface area contributed by atoms with Crippen molar-refractivity contribution in [1.29, 1.82) is 0 Å². The molecule has 0 fully saturated rings. The minimum atomic E-state index is -0.893. The van der Waals surface area contributed by atoms with Crippen molar-refractivity contribution in [3.05, 3.63) is 47.5 Å². The number of aromatic nitrogens is 3. The highest BCUT2D eigenvalue weighted by atomic mass is 19.2. The Labute approximate surface area is 122 Å². The van der Waals surface area contributed by atoms with Gasteiger partial charge in [0.15, 0.2) is 11.6 Å². The van der Waals surface area contributed by atoms with E-state index in [2.05, 4.69) is 29.4 Å². The van der Waals surface area contributed by atoms with Gasteiger partial charge in [-0.05, 0) is 12.0 Å². The van der Waals surface area contributed by atoms with Crippen LogP contribution in [0.4, 0.5) is 8.78 Å². The summed E-state index contributed by atoms with van der Waals surface area (Å²) < 4.78 is 29.0. The molecule has 114 valence electrons. The third-order valence-electron chi connectivity index (χ3n) is 3.18. The number of hydrazine groups is 1. The van der Waals surface area contributed by atoms with Crippen LogP contribution in [0.3, 0.4) is 0 Å². The molecule has 0 bridgehead atoms. The first-order valence-corrected chi connectivity index (χ1v) is 6.79. The maximum atomic E-state index is 13.9. The van der Waals surface area contributed by atoms with E-state index < -0.39 is 17.7 Å². The Morgan fingerprint density at radius 3 is 2.76 bits per heavy atom. The average molecular weight is 295 g/mol. The van der Waals surface area contributed by atoms with Crippen molar-refractivity contribution in [2.45, 2.75) is 32.9 Å². The summed E-state index contributed by atoms with van der Waals surface area (Å²) in [7, 11) is 0. The molecule has 0 saturated heterocycles. The Morgan fingerprint density at radius 2 is 2.10 bits per heavy atom. The second kappa shape index (κ2) is 6.73. The summed E-state index contributed by atoms with van der Waals surface area (Å²) in [5.74, 6) is 4.79. The van der Waals surface area contributed by atoms with Gasteiger partial charge in [-0.15, -0.1) is 0 Å². The Morgan fingerprint density at radius 1 is 1.33 bits per heavy atom. The largest absolute Gasteiger partial charge is 0.271 e. The van der Waals surface area contributed by atoms with E-state index in [9.17, 15) is 8.78 Å². The van der Waals surface area contributed by atoms with Gasteiger partial charge in [-0.1, -0.05) is 26.0 Å². The van der Waals surface area contributed by atoms with Crippen LogP contribution in [0, 0.1) is 17.6 Å². The molecule has 1 aromatic heterocycles. The highest BCUT2D eigenvalue weighted by Gasteiger charge is 2.20. The summed E-state index contributed by atoms with van der Waals surface area (Å²) in [6.07, 6.45) is 1.77. The first-order chi connectivity index (χ1) is 10.0. The molecule has 0 aliphatic carbocycles. The van der Waals surface area contributed by atoms with Gasteiger partial charge in [-0.3, -0.25) is 11.3 Å². The first kappa shape index (κ1) is 15.5. The van der Waals surface area contributed by atoms with E-state index in [1.807, 2.05) is 0 Å². The molecule has 2 aromatic rings. The van der Waals surface area contributed by atoms with Crippen LogP contribution in [0.2, 0.25) is 0 Å². The molecular formula is C14H19F2N5. The summed E-state index contributed by atoms with van der Waals surface area (Å²) >= 11 is 0. The topological polar surface area (TPSA) is 68.8 Å². The normalized spacial score (nSPS) is 12.9. The zero-order valence-corrected chi connectivity index (χ0v) is 12.1. The maximum Gasteiger partial charge on any atom is 0.163 e. The Hall–Kier alpha value is -1.86. The van der Waals surface area contributed by atoms with Crippen LogP contribution in [0.5, 0.6) is 0 Å². The first-order valence-electron chi connectivity index (χ1n) is 6.79. The van der Waals surface area contributed by atoms with E-state index in [1.54, 1.807) is 4.68 Å². The van der Waals surface area contributed by atoms with E-state index in [0.717, 1.165) is 6.07 Å². The molecule has 0 spiro atoms. The fourth-order valence-corrected chi connectivity index (χ4v) is 2.18. The molecule has 21 heavy (non-hydrogen) atoms. The predicted octanol–water partition coefficient (Wildman–Crippen LogP) is 1.96. The summed E-state index contributed by atoms with van der Waals surface area (Å²) in [5.41, 5.74) is 2.69. The minimum absolute atomic E-state index is 0.177. The van der Waals surface area contributed by atoms with Crippen LogP contribution in [0.25, 0.3) is 0 Å². The van der Waals surface area contributed by atoms with E-state index in [-0.39, 0.29) is 5.56 Å². The molecule has 2 rings (SSSR count). The van der Waals surface area contributed by atoms with Crippen LogP contribution in [0.15, 0.2) is 24.5 Å². The van der Waals surface area contributed by atoms with Crippen molar-refractivity contribution >= 4 is 0 Å². The highest BCUT2D eigenvalue weighted by Crippen LogP contribution is 2.21. The minimum Gasteiger partial charge on any atom is -0.271 e. The van der Waals surface area contributed by atoms with Gasteiger partial charge in [-0.25, -0.2) is 18.4 Å². The van der Waals surface area contributed by atoms with Gasteiger partial charge in [-0.2, -0.15) is 5.10 Å². The number of nitrogens with zero attached hydrogens (tertiary/aromatic N) is 3. The van der Waals surface area contributed by atoms with Gasteiger partial charge in [0.25, 0.3) is 0 Å². The maximum absolute atomic E-state index is 13.9. The lowest BCUT2D eigenvalue weighted by atomic mass is 10.0. The lowest BCUT2D eigenvalue weighted by Crippen LogP contribution is -2.31. The Kier molecular flexibility index (Phi) is 4.98. The van der Waals surface area contributed by atoms with E-state index in [1.165, 1.54) is 18.5 Å². The van der Waals surface area contributed by atoms with Crippen LogP contribution in [-0.4, -0.2) is 14.8 Å². The highest BCUT2D eigenvalue weighted by molar-refractivity contribution is 5.23. The molecule has 1 heterocycles. The molecule has 7 heteroatoms. The molecular weight excluding hydrogens is 276 g/mol. The summed E-state index contributed by atoms with van der Waals surface area (Å²) in [6, 6.07) is 3.47. The average Bonchev–Trinajstić information content (AvgIpc) is 2.86. The number of rotatable bonds is 6. The Bertz CT molecular complexity index is 597. The van der Waals surface area contributed by atoms with Crippen LogP contribution in [-0.2, 0) is 13.0 Å². The SMILES string of the molecule is CC(C)Cn1ncnc1CC(NN)c1cccc(F)c1F. The van der Waals surface area contributed by atoms with Crippen molar-refractivity contribution in [3.63, 3.8) is 0 Å². The number of nitrogens with one attached hydrogen (secondary N) is 1. The monoisotopic (exact) mass is 295 g/mol. The van der Waals surface area contributed by atoms with Crippen molar-refractivity contribution in [3.8, 4) is 0 Å². The summed E-state index contributed by atoms with van der Waals surface area (Å²) in [6.45, 7) is 4.84. The standard InChI is InChI=1S/C14H19F2N5/c1-9(2)7-21-13(18-8-19-21)6-12(20-17)10-4-3-5-11(15)14(10)16/h3-5,8-9,12,20H,6-7,17H2,1-2H3. The molecule has 1 aromatic carbocycles. The molecule has 0 amide bonds. The number of halogens is 2. The van der Waals surface area contributed by atoms with E-state index in [4.69, 9.17) is 5.84 Å². The third-order valence-corrected chi connectivity index (χ3v) is 3.18. The van der Waals surface area contributed by atoms with Gasteiger partial charge in [0.05, 0.1) is 6.04 Å². The molecule has 1 unspecified atom stereocenters. The van der Waals surface area contributed by atoms with Crippen molar-refractivity contribution in [2.24, 2.45) is 11.8 Å². The molecule has 3 N–H and O–H groups in total. The Balaban J connectivity index is 2.24. The molecule has 0 aliphatic heterocycles. The molecule has 0 aliphatic rings. The van der Waals surface area contributed by atoms with Crippen molar-refractivity contribution < 1.29 is 8.78 Å². The molecule has 5 nitrogen and oxygen atoms in total. The second-order valence-electron chi connectivity index (χ2n) is 5.32. The van der Waals surface area contributed by atoms with Gasteiger partial charge in [0, 0.05) is 18.5 Å². The molecule has 0 saturated carbocycles. The van der Waals surface area contributed by atoms with Gasteiger partial charge >= 0.3 is 0 Å². The quantitative estimate of drug-likeness (QED) is 0.631. The van der Waals surface area contributed by atoms with Crippen molar-refractivity contribution in [2.75, 3.05) is 0 Å². The molecule has 0 radical (unpaired) electrons. The predicted molar refractivity (Wildman–Crippen MR) is 75.0 cm³/mol. The van der Waals surface area contributed by atoms with E-state index in [0.29, 0.717) is 24.7 Å². The zero-order chi connectivity index (χ0) is 15.4. The van der Waals surface area contributed by atoms with Gasteiger partial charge in [0.2, 0.25) is 0 Å². The fourth-order valence-electron chi connectivity index (χ4n) is 2.18. The van der Waals surface area contributed by atoms with Crippen LogP contribution >= 0.6 is 0 Å². The summed E-state index contributed by atoms with van der Waals surface area (Å²) in [4.78, 5) is 4.17. The fraction of sp³-hybridized carbons (Fsp3) is 0.429. The molecule has 1 atom stereocenters.